The van der Waals surface area contributed by atoms with Gasteiger partial charge in [0.05, 0.1) is 24.7 Å². The van der Waals surface area contributed by atoms with Gasteiger partial charge in [0, 0.05) is 19.7 Å². The number of thioether (sulfide) groups is 1. The summed E-state index contributed by atoms with van der Waals surface area (Å²) in [5, 5.41) is 12.2. The number of anilines is 1. The van der Waals surface area contributed by atoms with Crippen LogP contribution in [0.4, 0.5) is 5.82 Å². The fraction of sp³-hybridized carbons (Fsp3) is 0.455. The van der Waals surface area contributed by atoms with Crippen LogP contribution in [0.15, 0.2) is 35.6 Å². The van der Waals surface area contributed by atoms with Gasteiger partial charge in [-0.1, -0.05) is 36.9 Å². The molecule has 0 atom stereocenters. The van der Waals surface area contributed by atoms with Gasteiger partial charge < -0.3 is 20.1 Å². The third-order valence-corrected chi connectivity index (χ3v) is 5.32. The highest BCUT2D eigenvalue weighted by atomic mass is 32.2. The van der Waals surface area contributed by atoms with E-state index in [1.807, 2.05) is 38.1 Å². The third-order valence-electron chi connectivity index (χ3n) is 4.59. The van der Waals surface area contributed by atoms with Crippen molar-refractivity contribution in [2.24, 2.45) is 0 Å². The lowest BCUT2D eigenvalue weighted by atomic mass is 10.2. The molecule has 3 aromatic rings. The molecule has 0 fully saturated rings. The highest BCUT2D eigenvalue weighted by Gasteiger charge is 2.13. The zero-order valence-electron chi connectivity index (χ0n) is 18.8. The maximum atomic E-state index is 12.2. The maximum Gasteiger partial charge on any atom is 0.258 e. The van der Waals surface area contributed by atoms with Crippen LogP contribution in [0.25, 0.3) is 11.0 Å². The van der Waals surface area contributed by atoms with E-state index in [1.54, 1.807) is 22.6 Å². The van der Waals surface area contributed by atoms with E-state index in [1.165, 1.54) is 0 Å². The first-order chi connectivity index (χ1) is 15.6. The number of hydrogen-bond donors (Lipinski definition) is 2. The first-order valence-electron chi connectivity index (χ1n) is 10.8. The largest absolute Gasteiger partial charge is 0.484 e. The summed E-state index contributed by atoms with van der Waals surface area (Å²) < 4.78 is 12.8. The number of benzene rings is 1. The number of aromatic nitrogens is 4. The number of hydrogen-bond acceptors (Lipinski definition) is 8. The molecule has 0 saturated carbocycles. The molecule has 0 radical (unpaired) electrons. The lowest BCUT2D eigenvalue weighted by molar-refractivity contribution is -0.123. The van der Waals surface area contributed by atoms with Crippen LogP contribution in [-0.4, -0.2) is 64.3 Å². The first kappa shape index (κ1) is 23.8. The number of ether oxygens (including phenoxy) is 2. The van der Waals surface area contributed by atoms with E-state index >= 15 is 0 Å². The lowest BCUT2D eigenvalue weighted by Crippen LogP contribution is -2.31. The highest BCUT2D eigenvalue weighted by Crippen LogP contribution is 2.24. The minimum Gasteiger partial charge on any atom is -0.484 e. The molecule has 9 nitrogen and oxygen atoms in total. The van der Waals surface area contributed by atoms with Gasteiger partial charge in [-0.3, -0.25) is 4.79 Å². The van der Waals surface area contributed by atoms with Crippen LogP contribution in [0.3, 0.4) is 0 Å². The summed E-state index contributed by atoms with van der Waals surface area (Å²) in [5.41, 5.74) is 1.73. The van der Waals surface area contributed by atoms with Crippen molar-refractivity contribution in [3.8, 4) is 5.75 Å². The van der Waals surface area contributed by atoms with E-state index in [0.29, 0.717) is 43.8 Å². The number of aryl methyl sites for hydroxylation is 1. The smallest absolute Gasteiger partial charge is 0.258 e. The van der Waals surface area contributed by atoms with Crippen molar-refractivity contribution in [1.29, 1.82) is 0 Å². The molecule has 0 unspecified atom stereocenters. The summed E-state index contributed by atoms with van der Waals surface area (Å²) in [6.07, 6.45) is 1.75. The lowest BCUT2D eigenvalue weighted by Gasteiger charge is -2.10. The molecule has 2 heterocycles. The molecule has 0 bridgehead atoms. The Bertz CT molecular complexity index is 1030. The van der Waals surface area contributed by atoms with Crippen molar-refractivity contribution < 1.29 is 14.3 Å². The SMILES string of the molecule is CCOCCNc1nc(SCC)nc2c1cnn2CCNC(=O)COc1ccccc1C. The van der Waals surface area contributed by atoms with Gasteiger partial charge >= 0.3 is 0 Å². The molecular weight excluding hydrogens is 428 g/mol. The molecule has 1 amide bonds. The van der Waals surface area contributed by atoms with Gasteiger partial charge in [0.2, 0.25) is 0 Å². The van der Waals surface area contributed by atoms with E-state index in [0.717, 1.165) is 28.2 Å². The molecule has 32 heavy (non-hydrogen) atoms. The standard InChI is InChI=1S/C22H30N6O3S/c1-4-30-13-11-24-20-17-14-25-28(21(17)27-22(26-20)32-5-2)12-10-23-19(29)15-31-18-9-7-6-8-16(18)3/h6-9,14H,4-5,10-13,15H2,1-3H3,(H,23,29)(H,24,26,27). The summed E-state index contributed by atoms with van der Waals surface area (Å²) in [5.74, 6) is 2.14. The molecule has 3 rings (SSSR count). The average molecular weight is 459 g/mol. The van der Waals surface area contributed by atoms with E-state index < -0.39 is 0 Å². The van der Waals surface area contributed by atoms with Gasteiger partial charge in [-0.15, -0.1) is 0 Å². The number of carbonyl (C=O) groups excluding carboxylic acids is 1. The number of amides is 1. The molecule has 2 aromatic heterocycles. The van der Waals surface area contributed by atoms with Crippen LogP contribution >= 0.6 is 11.8 Å². The van der Waals surface area contributed by atoms with Gasteiger partial charge in [0.15, 0.2) is 17.4 Å². The summed E-state index contributed by atoms with van der Waals surface area (Å²) in [7, 11) is 0. The fourth-order valence-corrected chi connectivity index (χ4v) is 3.59. The van der Waals surface area contributed by atoms with Crippen LogP contribution in [0.5, 0.6) is 5.75 Å². The van der Waals surface area contributed by atoms with E-state index in [-0.39, 0.29) is 12.5 Å². The zero-order chi connectivity index (χ0) is 22.8. The minimum atomic E-state index is -0.181. The van der Waals surface area contributed by atoms with Crippen molar-refractivity contribution in [3.05, 3.63) is 36.0 Å². The molecule has 2 N–H and O–H groups in total. The van der Waals surface area contributed by atoms with E-state index in [4.69, 9.17) is 9.47 Å². The van der Waals surface area contributed by atoms with Crippen molar-refractivity contribution in [2.75, 3.05) is 44.0 Å². The normalized spacial score (nSPS) is 11.0. The molecule has 1 aromatic carbocycles. The molecule has 0 aliphatic rings. The average Bonchev–Trinajstić information content (AvgIpc) is 3.19. The number of rotatable bonds is 13. The highest BCUT2D eigenvalue weighted by molar-refractivity contribution is 7.99. The Morgan fingerprint density at radius 3 is 2.81 bits per heavy atom. The van der Waals surface area contributed by atoms with Gasteiger partial charge in [-0.25, -0.2) is 14.6 Å². The van der Waals surface area contributed by atoms with Crippen LogP contribution in [0, 0.1) is 6.92 Å². The monoisotopic (exact) mass is 458 g/mol. The topological polar surface area (TPSA) is 103 Å². The fourth-order valence-electron chi connectivity index (χ4n) is 3.03. The van der Waals surface area contributed by atoms with E-state index in [9.17, 15) is 4.79 Å². The Morgan fingerprint density at radius 1 is 1.19 bits per heavy atom. The van der Waals surface area contributed by atoms with Crippen LogP contribution < -0.4 is 15.4 Å². The summed E-state index contributed by atoms with van der Waals surface area (Å²) in [6, 6.07) is 7.62. The van der Waals surface area contributed by atoms with E-state index in [2.05, 4.69) is 32.6 Å². The van der Waals surface area contributed by atoms with Crippen LogP contribution in [0.2, 0.25) is 0 Å². The number of nitrogens with one attached hydrogen (secondary N) is 2. The molecule has 0 aliphatic heterocycles. The predicted molar refractivity (Wildman–Crippen MR) is 126 cm³/mol. The van der Waals surface area contributed by atoms with Crippen molar-refractivity contribution in [3.63, 3.8) is 0 Å². The summed E-state index contributed by atoms with van der Waals surface area (Å²) in [4.78, 5) is 21.4. The van der Waals surface area contributed by atoms with Gasteiger partial charge in [0.25, 0.3) is 5.91 Å². The molecule has 10 heteroatoms. The molecule has 0 aliphatic carbocycles. The van der Waals surface area contributed by atoms with Gasteiger partial charge in [-0.05, 0) is 31.2 Å². The van der Waals surface area contributed by atoms with Gasteiger partial charge in [0.1, 0.15) is 11.6 Å². The molecule has 172 valence electrons. The molecule has 0 spiro atoms. The number of carbonyl (C=O) groups is 1. The molecular formula is C22H30N6O3S. The molecule has 0 saturated heterocycles. The first-order valence-corrected chi connectivity index (χ1v) is 11.7. The predicted octanol–water partition coefficient (Wildman–Crippen LogP) is 2.89. The summed E-state index contributed by atoms with van der Waals surface area (Å²) in [6.45, 7) is 8.79. The third kappa shape index (κ3) is 6.57. The summed E-state index contributed by atoms with van der Waals surface area (Å²) >= 11 is 1.57. The van der Waals surface area contributed by atoms with Crippen molar-refractivity contribution >= 4 is 34.5 Å². The zero-order valence-corrected chi connectivity index (χ0v) is 19.6. The Hall–Kier alpha value is -2.85. The second-order valence-electron chi connectivity index (χ2n) is 6.92. The van der Waals surface area contributed by atoms with Crippen LogP contribution in [0.1, 0.15) is 19.4 Å². The number of para-hydroxylation sites is 1. The second kappa shape index (κ2) is 12.3. The van der Waals surface area contributed by atoms with Gasteiger partial charge in [-0.2, -0.15) is 5.10 Å². The van der Waals surface area contributed by atoms with Crippen LogP contribution in [-0.2, 0) is 16.1 Å². The number of nitrogens with zero attached hydrogens (tertiary/aromatic N) is 4. The maximum absolute atomic E-state index is 12.2. The Labute approximate surface area is 192 Å². The number of fused-ring (bicyclic) bond motifs is 1. The Morgan fingerprint density at radius 2 is 2.03 bits per heavy atom. The quantitative estimate of drug-likeness (QED) is 0.229. The minimum absolute atomic E-state index is 0.0297. The Kier molecular flexibility index (Phi) is 9.12. The van der Waals surface area contributed by atoms with Crippen molar-refractivity contribution in [2.45, 2.75) is 32.5 Å². The van der Waals surface area contributed by atoms with Crippen molar-refractivity contribution in [1.82, 2.24) is 25.1 Å². The second-order valence-corrected chi connectivity index (χ2v) is 8.15. The Balaban J connectivity index is 1.59.